The molecule has 0 unspecified atom stereocenters. The summed E-state index contributed by atoms with van der Waals surface area (Å²) in [5.41, 5.74) is 1.35. The fraction of sp³-hybridized carbons (Fsp3) is 0.700. The summed E-state index contributed by atoms with van der Waals surface area (Å²) in [7, 11) is 0. The molecule has 0 saturated heterocycles. The maximum Gasteiger partial charge on any atom is 0.111 e. The summed E-state index contributed by atoms with van der Waals surface area (Å²) >= 11 is 0. The first-order chi connectivity index (χ1) is 5.41. The van der Waals surface area contributed by atoms with Gasteiger partial charge in [0.05, 0.1) is 0 Å². The van der Waals surface area contributed by atoms with Crippen LogP contribution in [0.15, 0.2) is 6.20 Å². The van der Waals surface area contributed by atoms with Gasteiger partial charge in [-0.15, -0.1) is 0 Å². The number of H-pyrrole nitrogens is 1. The molecule has 0 aliphatic carbocycles. The summed E-state index contributed by atoms with van der Waals surface area (Å²) in [5.74, 6) is 1.61. The van der Waals surface area contributed by atoms with Gasteiger partial charge in [0.15, 0.2) is 0 Å². The molecule has 1 aromatic rings. The van der Waals surface area contributed by atoms with Crippen molar-refractivity contribution >= 4 is 0 Å². The second-order valence-corrected chi connectivity index (χ2v) is 4.59. The number of rotatable bonds is 1. The van der Waals surface area contributed by atoms with Gasteiger partial charge in [0.25, 0.3) is 0 Å². The molecule has 0 radical (unpaired) electrons. The van der Waals surface area contributed by atoms with E-state index in [0.717, 1.165) is 5.82 Å². The molecule has 68 valence electrons. The topological polar surface area (TPSA) is 28.7 Å². The molecule has 0 bridgehead atoms. The van der Waals surface area contributed by atoms with E-state index in [2.05, 4.69) is 44.6 Å². The fourth-order valence-corrected chi connectivity index (χ4v) is 1.01. The minimum atomic E-state index is 0.132. The van der Waals surface area contributed by atoms with Crippen LogP contribution in [0, 0.1) is 0 Å². The minimum absolute atomic E-state index is 0.132. The highest BCUT2D eigenvalue weighted by atomic mass is 14.9. The van der Waals surface area contributed by atoms with Crippen molar-refractivity contribution in [3.63, 3.8) is 0 Å². The Morgan fingerprint density at radius 3 is 2.17 bits per heavy atom. The van der Waals surface area contributed by atoms with Gasteiger partial charge in [-0.05, 0) is 5.92 Å². The lowest BCUT2D eigenvalue weighted by Gasteiger charge is -2.14. The Hall–Kier alpha value is -0.790. The number of hydrogen-bond acceptors (Lipinski definition) is 1. The molecule has 0 amide bonds. The quantitative estimate of drug-likeness (QED) is 0.682. The van der Waals surface area contributed by atoms with Crippen LogP contribution >= 0.6 is 0 Å². The molecule has 2 nitrogen and oxygen atoms in total. The maximum absolute atomic E-state index is 4.35. The molecule has 0 atom stereocenters. The van der Waals surface area contributed by atoms with Crippen molar-refractivity contribution in [1.82, 2.24) is 9.97 Å². The standard InChI is InChI=1S/C10H18N2/c1-7(2)8-6-11-9(12-8)10(3,4)5/h6-7H,1-5H3,(H,11,12). The number of nitrogens with zero attached hydrogens (tertiary/aromatic N) is 1. The van der Waals surface area contributed by atoms with E-state index in [0.29, 0.717) is 5.92 Å². The van der Waals surface area contributed by atoms with Crippen LogP contribution in [0.4, 0.5) is 0 Å². The van der Waals surface area contributed by atoms with E-state index >= 15 is 0 Å². The predicted octanol–water partition coefficient (Wildman–Crippen LogP) is 2.83. The van der Waals surface area contributed by atoms with Crippen LogP contribution in [-0.4, -0.2) is 9.97 Å². The Morgan fingerprint density at radius 2 is 1.92 bits per heavy atom. The fourth-order valence-electron chi connectivity index (χ4n) is 1.01. The Kier molecular flexibility index (Phi) is 2.27. The van der Waals surface area contributed by atoms with Gasteiger partial charge in [0.2, 0.25) is 0 Å². The molecule has 0 aromatic carbocycles. The molecule has 1 heterocycles. The highest BCUT2D eigenvalue weighted by Crippen LogP contribution is 2.20. The lowest BCUT2D eigenvalue weighted by molar-refractivity contribution is 0.550. The van der Waals surface area contributed by atoms with Gasteiger partial charge < -0.3 is 4.98 Å². The number of aromatic amines is 1. The zero-order valence-corrected chi connectivity index (χ0v) is 8.60. The van der Waals surface area contributed by atoms with Crippen molar-refractivity contribution < 1.29 is 0 Å². The molecular formula is C10H18N2. The third-order valence-corrected chi connectivity index (χ3v) is 1.93. The lowest BCUT2D eigenvalue weighted by atomic mass is 9.96. The molecule has 1 aromatic heterocycles. The summed E-state index contributed by atoms with van der Waals surface area (Å²) in [4.78, 5) is 7.69. The largest absolute Gasteiger partial charge is 0.345 e. The Bertz CT molecular complexity index is 253. The predicted molar refractivity (Wildman–Crippen MR) is 51.4 cm³/mol. The average Bonchev–Trinajstić information content (AvgIpc) is 2.30. The van der Waals surface area contributed by atoms with Crippen LogP contribution in [-0.2, 0) is 5.41 Å². The van der Waals surface area contributed by atoms with Crippen molar-refractivity contribution in [1.29, 1.82) is 0 Å². The van der Waals surface area contributed by atoms with Gasteiger partial charge >= 0.3 is 0 Å². The summed E-state index contributed by atoms with van der Waals surface area (Å²) < 4.78 is 0. The van der Waals surface area contributed by atoms with Gasteiger partial charge in [-0.3, -0.25) is 0 Å². The van der Waals surface area contributed by atoms with Crippen LogP contribution in [0.3, 0.4) is 0 Å². The number of aromatic nitrogens is 2. The average molecular weight is 166 g/mol. The first kappa shape index (κ1) is 9.30. The van der Waals surface area contributed by atoms with Crippen molar-refractivity contribution in [3.05, 3.63) is 17.7 Å². The third kappa shape index (κ3) is 1.87. The van der Waals surface area contributed by atoms with Crippen molar-refractivity contribution in [3.8, 4) is 0 Å². The normalized spacial score (nSPS) is 12.5. The molecule has 0 aliphatic rings. The van der Waals surface area contributed by atoms with E-state index in [9.17, 15) is 0 Å². The Morgan fingerprint density at radius 1 is 1.33 bits per heavy atom. The Labute approximate surface area is 74.4 Å². The zero-order valence-electron chi connectivity index (χ0n) is 8.60. The molecule has 2 heteroatoms. The molecule has 0 aliphatic heterocycles. The SMILES string of the molecule is CC(C)c1cnc(C(C)(C)C)[nH]1. The van der Waals surface area contributed by atoms with Gasteiger partial charge in [0, 0.05) is 17.3 Å². The van der Waals surface area contributed by atoms with Crippen LogP contribution in [0.2, 0.25) is 0 Å². The molecular weight excluding hydrogens is 148 g/mol. The van der Waals surface area contributed by atoms with E-state index < -0.39 is 0 Å². The number of nitrogens with one attached hydrogen (secondary N) is 1. The van der Waals surface area contributed by atoms with E-state index in [1.807, 2.05) is 6.20 Å². The molecule has 0 saturated carbocycles. The van der Waals surface area contributed by atoms with E-state index in [-0.39, 0.29) is 5.41 Å². The van der Waals surface area contributed by atoms with Gasteiger partial charge in [-0.25, -0.2) is 4.98 Å². The summed E-state index contributed by atoms with van der Waals surface area (Å²) in [6.45, 7) is 10.8. The first-order valence-electron chi connectivity index (χ1n) is 4.46. The van der Waals surface area contributed by atoms with Gasteiger partial charge in [-0.2, -0.15) is 0 Å². The molecule has 1 rings (SSSR count). The van der Waals surface area contributed by atoms with Crippen LogP contribution in [0.25, 0.3) is 0 Å². The smallest absolute Gasteiger partial charge is 0.111 e. The van der Waals surface area contributed by atoms with E-state index in [1.165, 1.54) is 5.69 Å². The van der Waals surface area contributed by atoms with Crippen LogP contribution in [0.1, 0.15) is 52.1 Å². The van der Waals surface area contributed by atoms with Crippen LogP contribution in [0.5, 0.6) is 0 Å². The maximum atomic E-state index is 4.35. The number of imidazole rings is 1. The zero-order chi connectivity index (χ0) is 9.35. The summed E-state index contributed by atoms with van der Waals surface area (Å²) in [6, 6.07) is 0. The second-order valence-electron chi connectivity index (χ2n) is 4.59. The minimum Gasteiger partial charge on any atom is -0.345 e. The number of hydrogen-bond donors (Lipinski definition) is 1. The van der Waals surface area contributed by atoms with Crippen LogP contribution < -0.4 is 0 Å². The highest BCUT2D eigenvalue weighted by Gasteiger charge is 2.17. The molecule has 12 heavy (non-hydrogen) atoms. The molecule has 1 N–H and O–H groups in total. The Balaban J connectivity index is 2.92. The van der Waals surface area contributed by atoms with Crippen molar-refractivity contribution in [2.24, 2.45) is 0 Å². The highest BCUT2D eigenvalue weighted by molar-refractivity contribution is 5.10. The van der Waals surface area contributed by atoms with Crippen molar-refractivity contribution in [2.45, 2.75) is 46.0 Å². The molecule has 0 fully saturated rings. The van der Waals surface area contributed by atoms with E-state index in [4.69, 9.17) is 0 Å². The first-order valence-corrected chi connectivity index (χ1v) is 4.46. The second kappa shape index (κ2) is 2.92. The lowest BCUT2D eigenvalue weighted by Crippen LogP contribution is -2.13. The monoisotopic (exact) mass is 166 g/mol. The van der Waals surface area contributed by atoms with E-state index in [1.54, 1.807) is 0 Å². The van der Waals surface area contributed by atoms with Crippen molar-refractivity contribution in [2.75, 3.05) is 0 Å². The molecule has 0 spiro atoms. The van der Waals surface area contributed by atoms with Gasteiger partial charge in [0.1, 0.15) is 5.82 Å². The third-order valence-electron chi connectivity index (χ3n) is 1.93. The summed E-state index contributed by atoms with van der Waals surface area (Å²) in [6.07, 6.45) is 1.94. The summed E-state index contributed by atoms with van der Waals surface area (Å²) in [5, 5.41) is 0. The van der Waals surface area contributed by atoms with Gasteiger partial charge in [-0.1, -0.05) is 34.6 Å².